The second-order valence-corrected chi connectivity index (χ2v) is 6.07. The van der Waals surface area contributed by atoms with E-state index in [1.54, 1.807) is 6.33 Å². The summed E-state index contributed by atoms with van der Waals surface area (Å²) in [5.41, 5.74) is 2.55. The molecule has 0 amide bonds. The Labute approximate surface area is 152 Å². The van der Waals surface area contributed by atoms with Gasteiger partial charge in [0.05, 0.1) is 0 Å². The van der Waals surface area contributed by atoms with Crippen molar-refractivity contribution in [3.8, 4) is 0 Å². The molecule has 4 aromatic rings. The molecular weight excluding hydrogens is 322 g/mol. The van der Waals surface area contributed by atoms with Crippen LogP contribution in [-0.4, -0.2) is 19.9 Å². The van der Waals surface area contributed by atoms with Crippen molar-refractivity contribution in [1.29, 1.82) is 0 Å². The minimum atomic E-state index is -0.676. The summed E-state index contributed by atoms with van der Waals surface area (Å²) in [4.78, 5) is 4.28. The van der Waals surface area contributed by atoms with E-state index in [-0.39, 0.29) is 6.61 Å². The SMILES string of the molecule is OCc1ncn(C(c2ccccc2)(c2ccccc2)c2ccccc2)n1. The molecule has 0 radical (unpaired) electrons. The fraction of sp³-hybridized carbons (Fsp3) is 0.0909. The van der Waals surface area contributed by atoms with E-state index in [2.05, 4.69) is 46.5 Å². The molecule has 26 heavy (non-hydrogen) atoms. The number of aliphatic hydroxyl groups is 1. The highest BCUT2D eigenvalue weighted by atomic mass is 16.3. The maximum absolute atomic E-state index is 9.49. The Kier molecular flexibility index (Phi) is 4.33. The van der Waals surface area contributed by atoms with Crippen LogP contribution in [0.4, 0.5) is 0 Å². The molecule has 128 valence electrons. The van der Waals surface area contributed by atoms with Gasteiger partial charge in [-0.25, -0.2) is 9.67 Å². The Morgan fingerprint density at radius 2 is 1.12 bits per heavy atom. The second kappa shape index (κ2) is 6.94. The lowest BCUT2D eigenvalue weighted by atomic mass is 9.77. The van der Waals surface area contributed by atoms with E-state index in [1.165, 1.54) is 0 Å². The molecule has 4 rings (SSSR count). The number of hydrogen-bond acceptors (Lipinski definition) is 3. The predicted molar refractivity (Wildman–Crippen MR) is 101 cm³/mol. The highest BCUT2D eigenvalue weighted by Gasteiger charge is 2.39. The number of hydrogen-bond donors (Lipinski definition) is 1. The molecule has 0 saturated heterocycles. The van der Waals surface area contributed by atoms with E-state index in [0.717, 1.165) is 16.7 Å². The number of nitrogens with zero attached hydrogens (tertiary/aromatic N) is 3. The third-order valence-corrected chi connectivity index (χ3v) is 4.60. The van der Waals surface area contributed by atoms with Gasteiger partial charge >= 0.3 is 0 Å². The lowest BCUT2D eigenvalue weighted by molar-refractivity contribution is 0.269. The molecule has 0 fully saturated rings. The van der Waals surface area contributed by atoms with Crippen molar-refractivity contribution in [2.24, 2.45) is 0 Å². The van der Waals surface area contributed by atoms with E-state index in [9.17, 15) is 5.11 Å². The van der Waals surface area contributed by atoms with E-state index in [1.807, 2.05) is 59.3 Å². The van der Waals surface area contributed by atoms with Crippen molar-refractivity contribution in [1.82, 2.24) is 14.8 Å². The maximum Gasteiger partial charge on any atom is 0.175 e. The number of rotatable bonds is 5. The molecule has 0 unspecified atom stereocenters. The Bertz CT molecular complexity index is 869. The summed E-state index contributed by atoms with van der Waals surface area (Å²) in [6.45, 7) is -0.193. The van der Waals surface area contributed by atoms with Gasteiger partial charge in [0, 0.05) is 0 Å². The molecule has 4 heteroatoms. The van der Waals surface area contributed by atoms with Crippen molar-refractivity contribution < 1.29 is 5.11 Å². The van der Waals surface area contributed by atoms with Crippen LogP contribution >= 0.6 is 0 Å². The first-order valence-electron chi connectivity index (χ1n) is 8.54. The van der Waals surface area contributed by atoms with Crippen molar-refractivity contribution >= 4 is 0 Å². The monoisotopic (exact) mass is 341 g/mol. The van der Waals surface area contributed by atoms with Crippen LogP contribution in [0.1, 0.15) is 22.5 Å². The van der Waals surface area contributed by atoms with Gasteiger partial charge in [-0.3, -0.25) is 0 Å². The quantitative estimate of drug-likeness (QED) is 0.564. The topological polar surface area (TPSA) is 50.9 Å². The van der Waals surface area contributed by atoms with Crippen molar-refractivity contribution in [2.45, 2.75) is 12.1 Å². The normalized spacial score (nSPS) is 11.4. The van der Waals surface area contributed by atoms with Gasteiger partial charge in [0.1, 0.15) is 18.5 Å². The summed E-state index contributed by atoms with van der Waals surface area (Å²) in [6, 6.07) is 30.8. The fourth-order valence-electron chi connectivity index (χ4n) is 3.47. The Morgan fingerprint density at radius 1 is 0.692 bits per heavy atom. The van der Waals surface area contributed by atoms with Crippen LogP contribution < -0.4 is 0 Å². The highest BCUT2D eigenvalue weighted by Crippen LogP contribution is 2.39. The summed E-state index contributed by atoms with van der Waals surface area (Å²) in [7, 11) is 0. The van der Waals surface area contributed by atoms with Crippen LogP contribution in [0.3, 0.4) is 0 Å². The largest absolute Gasteiger partial charge is 0.388 e. The van der Waals surface area contributed by atoms with Crippen LogP contribution in [0.2, 0.25) is 0 Å². The molecule has 0 saturated carbocycles. The van der Waals surface area contributed by atoms with Gasteiger partial charge in [0.25, 0.3) is 0 Å². The Balaban J connectivity index is 2.10. The molecule has 0 aliphatic carbocycles. The minimum absolute atomic E-state index is 0.193. The summed E-state index contributed by atoms with van der Waals surface area (Å²) in [6.07, 6.45) is 1.69. The highest BCUT2D eigenvalue weighted by molar-refractivity contribution is 5.50. The summed E-state index contributed by atoms with van der Waals surface area (Å²) >= 11 is 0. The number of aliphatic hydroxyl groups excluding tert-OH is 1. The standard InChI is InChI=1S/C22H19N3O/c26-16-21-23-17-25(24-21)22(18-10-4-1-5-11-18,19-12-6-2-7-13-19)20-14-8-3-9-15-20/h1-15,17,26H,16H2. The van der Waals surface area contributed by atoms with Crippen molar-refractivity contribution in [2.75, 3.05) is 0 Å². The summed E-state index contributed by atoms with van der Waals surface area (Å²) in [5, 5.41) is 14.1. The lowest BCUT2D eigenvalue weighted by Gasteiger charge is -2.35. The molecule has 1 heterocycles. The van der Waals surface area contributed by atoms with Crippen LogP contribution in [0, 0.1) is 0 Å². The first-order chi connectivity index (χ1) is 12.9. The van der Waals surface area contributed by atoms with E-state index >= 15 is 0 Å². The van der Waals surface area contributed by atoms with Crippen LogP contribution in [0.5, 0.6) is 0 Å². The van der Waals surface area contributed by atoms with Crippen LogP contribution in [0.25, 0.3) is 0 Å². The van der Waals surface area contributed by atoms with Crippen molar-refractivity contribution in [3.05, 3.63) is 120 Å². The fourth-order valence-corrected chi connectivity index (χ4v) is 3.47. The molecule has 3 aromatic carbocycles. The molecule has 0 aliphatic rings. The molecular formula is C22H19N3O. The van der Waals surface area contributed by atoms with Gasteiger partial charge in [0.15, 0.2) is 5.82 Å². The van der Waals surface area contributed by atoms with Gasteiger partial charge in [-0.05, 0) is 16.7 Å². The molecule has 0 bridgehead atoms. The summed E-state index contributed by atoms with van der Waals surface area (Å²) < 4.78 is 1.85. The lowest BCUT2D eigenvalue weighted by Crippen LogP contribution is -2.38. The summed E-state index contributed by atoms with van der Waals surface area (Å²) in [5.74, 6) is 0.400. The third-order valence-electron chi connectivity index (χ3n) is 4.60. The van der Waals surface area contributed by atoms with Crippen LogP contribution in [-0.2, 0) is 12.1 Å². The zero-order valence-electron chi connectivity index (χ0n) is 14.2. The van der Waals surface area contributed by atoms with E-state index in [0.29, 0.717) is 5.82 Å². The first kappa shape index (κ1) is 16.2. The number of aromatic nitrogens is 3. The average Bonchev–Trinajstić information content (AvgIpc) is 3.21. The maximum atomic E-state index is 9.49. The second-order valence-electron chi connectivity index (χ2n) is 6.07. The smallest absolute Gasteiger partial charge is 0.175 e. The molecule has 0 atom stereocenters. The molecule has 4 nitrogen and oxygen atoms in total. The van der Waals surface area contributed by atoms with Crippen LogP contribution in [0.15, 0.2) is 97.3 Å². The zero-order valence-corrected chi connectivity index (χ0v) is 14.2. The zero-order chi connectivity index (χ0) is 17.8. The predicted octanol–water partition coefficient (Wildman–Crippen LogP) is 3.61. The van der Waals surface area contributed by atoms with Gasteiger partial charge in [-0.2, -0.15) is 5.10 Å². The number of benzene rings is 3. The van der Waals surface area contributed by atoms with Crippen molar-refractivity contribution in [3.63, 3.8) is 0 Å². The van der Waals surface area contributed by atoms with Gasteiger partial charge in [-0.15, -0.1) is 0 Å². The molecule has 1 N–H and O–H groups in total. The van der Waals surface area contributed by atoms with Gasteiger partial charge < -0.3 is 5.11 Å². The molecule has 1 aromatic heterocycles. The minimum Gasteiger partial charge on any atom is -0.388 e. The van der Waals surface area contributed by atoms with Gasteiger partial charge in [0.2, 0.25) is 0 Å². The Morgan fingerprint density at radius 3 is 1.46 bits per heavy atom. The average molecular weight is 341 g/mol. The van der Waals surface area contributed by atoms with Gasteiger partial charge in [-0.1, -0.05) is 91.0 Å². The first-order valence-corrected chi connectivity index (χ1v) is 8.54. The van der Waals surface area contributed by atoms with E-state index in [4.69, 9.17) is 0 Å². The Hall–Kier alpha value is -3.24. The molecule has 0 aliphatic heterocycles. The molecule has 0 spiro atoms. The third kappa shape index (κ3) is 2.61. The van der Waals surface area contributed by atoms with E-state index < -0.39 is 5.54 Å².